The molecule has 0 aliphatic carbocycles. The largest absolute Gasteiger partial charge is 0.494 e. The summed E-state index contributed by atoms with van der Waals surface area (Å²) in [5, 5.41) is 16.3. The Hall–Kier alpha value is -3.79. The fourth-order valence-corrected chi connectivity index (χ4v) is 3.00. The highest BCUT2D eigenvalue weighted by Gasteiger charge is 2.28. The van der Waals surface area contributed by atoms with Gasteiger partial charge in [-0.15, -0.1) is 4.68 Å². The molecule has 0 fully saturated rings. The highest BCUT2D eigenvalue weighted by molar-refractivity contribution is 7.21. The van der Waals surface area contributed by atoms with Crippen LogP contribution >= 0.6 is 9.39 Å². The minimum atomic E-state index is -1.21. The van der Waals surface area contributed by atoms with Crippen LogP contribution in [0.3, 0.4) is 0 Å². The number of hydrogen-bond donors (Lipinski definition) is 1. The van der Waals surface area contributed by atoms with Crippen molar-refractivity contribution in [1.29, 1.82) is 0 Å². The van der Waals surface area contributed by atoms with Crippen molar-refractivity contribution in [3.8, 4) is 17.2 Å². The molecule has 1 heterocycles. The minimum absolute atomic E-state index is 0.0163. The van der Waals surface area contributed by atoms with E-state index in [2.05, 4.69) is 10.4 Å². The van der Waals surface area contributed by atoms with Gasteiger partial charge in [-0.25, -0.2) is 18.8 Å². The molecule has 0 bridgehead atoms. The Morgan fingerprint density at radius 3 is 2.47 bits per heavy atom. The Bertz CT molecular complexity index is 1190. The standard InChI is InChI=1S/C17H15FN5O6P/c1-28-12-7-6-9(15(24)25)8-11(12)23(30)17(27)22-16(26)21(19-20-22)14-10(18)4-3-5-13(14)29-2/h3-8H,30H2,1-2H3,(H,24,25)/p+1. The number of aromatic carboxylic acids is 1. The Morgan fingerprint density at radius 1 is 1.13 bits per heavy atom. The zero-order valence-electron chi connectivity index (χ0n) is 15.8. The quantitative estimate of drug-likeness (QED) is 0.468. The molecule has 0 saturated heterocycles. The van der Waals surface area contributed by atoms with Crippen molar-refractivity contribution in [3.05, 3.63) is 58.3 Å². The molecule has 0 radical (unpaired) electrons. The second-order valence-electron chi connectivity index (χ2n) is 5.78. The van der Waals surface area contributed by atoms with Gasteiger partial charge in [0.1, 0.15) is 22.9 Å². The van der Waals surface area contributed by atoms with E-state index in [0.717, 1.165) is 20.1 Å². The lowest BCUT2D eigenvalue weighted by Gasteiger charge is -2.14. The van der Waals surface area contributed by atoms with Gasteiger partial charge in [0.15, 0.2) is 5.82 Å². The number of carboxylic acid groups (broad SMARTS) is 1. The first-order chi connectivity index (χ1) is 14.3. The van der Waals surface area contributed by atoms with Gasteiger partial charge in [-0.05, 0) is 40.8 Å². The van der Waals surface area contributed by atoms with Crippen LogP contribution in [0.4, 0.5) is 14.9 Å². The number of methoxy groups -OCH3 is 2. The minimum Gasteiger partial charge on any atom is -0.494 e. The normalized spacial score (nSPS) is 10.6. The van der Waals surface area contributed by atoms with E-state index in [-0.39, 0.29) is 28.4 Å². The van der Waals surface area contributed by atoms with E-state index in [9.17, 15) is 23.9 Å². The number of rotatable bonds is 5. The van der Waals surface area contributed by atoms with E-state index in [1.165, 1.54) is 44.6 Å². The SMILES string of the molecule is COc1ccc(C(=O)O)cc1N([PH3+])C(=O)n1nnn(-c2c(F)cccc2OC)c1=O. The lowest BCUT2D eigenvalue weighted by atomic mass is 10.2. The molecule has 3 aromatic rings. The first-order valence-electron chi connectivity index (χ1n) is 8.24. The molecule has 1 aromatic heterocycles. The van der Waals surface area contributed by atoms with Crippen molar-refractivity contribution in [2.45, 2.75) is 0 Å². The Balaban J connectivity index is 2.05. The highest BCUT2D eigenvalue weighted by atomic mass is 31.0. The van der Waals surface area contributed by atoms with Gasteiger partial charge in [0.25, 0.3) is 0 Å². The Morgan fingerprint density at radius 2 is 1.83 bits per heavy atom. The Kier molecular flexibility index (Phi) is 5.79. The molecule has 11 nitrogen and oxygen atoms in total. The average molecular weight is 436 g/mol. The summed E-state index contributed by atoms with van der Waals surface area (Å²) in [5.74, 6) is -1.80. The number of amides is 1. The van der Waals surface area contributed by atoms with Gasteiger partial charge in [0.2, 0.25) is 0 Å². The fourth-order valence-electron chi connectivity index (χ4n) is 2.62. The number of hydrogen-bond acceptors (Lipinski definition) is 7. The summed E-state index contributed by atoms with van der Waals surface area (Å²) in [6.07, 6.45) is 0. The zero-order valence-corrected chi connectivity index (χ0v) is 17.2. The number of halogens is 1. The number of nitrogens with zero attached hydrogens (tertiary/aromatic N) is 5. The van der Waals surface area contributed by atoms with E-state index >= 15 is 0 Å². The number of tetrazole rings is 1. The van der Waals surface area contributed by atoms with E-state index in [1.54, 1.807) is 0 Å². The number of carbonyl (C=O) groups is 2. The van der Waals surface area contributed by atoms with Crippen molar-refractivity contribution in [1.82, 2.24) is 19.8 Å². The molecule has 1 unspecified atom stereocenters. The molecule has 1 atom stereocenters. The van der Waals surface area contributed by atoms with Crippen LogP contribution < -0.4 is 19.8 Å². The third-order valence-electron chi connectivity index (χ3n) is 4.09. The van der Waals surface area contributed by atoms with E-state index < -0.39 is 23.5 Å². The molecule has 1 amide bonds. The van der Waals surface area contributed by atoms with E-state index in [1.807, 2.05) is 0 Å². The van der Waals surface area contributed by atoms with Crippen molar-refractivity contribution < 1.29 is 28.6 Å². The van der Waals surface area contributed by atoms with Gasteiger partial charge in [-0.3, -0.25) is 0 Å². The van der Waals surface area contributed by atoms with Crippen LogP contribution in [0.1, 0.15) is 10.4 Å². The van der Waals surface area contributed by atoms with Crippen LogP contribution in [-0.4, -0.2) is 51.1 Å². The number of ether oxygens (including phenoxy) is 2. The van der Waals surface area contributed by atoms with Crippen LogP contribution in [0.5, 0.6) is 11.5 Å². The average Bonchev–Trinajstić information content (AvgIpc) is 3.12. The van der Waals surface area contributed by atoms with Crippen molar-refractivity contribution in [2.75, 3.05) is 18.9 Å². The molecule has 0 saturated carbocycles. The predicted octanol–water partition coefficient (Wildman–Crippen LogP) is 1.28. The molecule has 3 rings (SSSR count). The summed E-state index contributed by atoms with van der Waals surface area (Å²) in [7, 11) is 3.67. The number of aromatic nitrogens is 4. The highest BCUT2D eigenvalue weighted by Crippen LogP contribution is 2.32. The zero-order chi connectivity index (χ0) is 22.0. The third-order valence-corrected chi connectivity index (χ3v) is 4.70. The summed E-state index contributed by atoms with van der Waals surface area (Å²) in [6.45, 7) is 0. The van der Waals surface area contributed by atoms with Gasteiger partial charge < -0.3 is 14.6 Å². The maximum atomic E-state index is 14.3. The molecule has 0 aliphatic heterocycles. The molecule has 0 aliphatic rings. The second-order valence-corrected chi connectivity index (χ2v) is 6.41. The summed E-state index contributed by atoms with van der Waals surface area (Å²) in [6, 6.07) is 6.83. The monoisotopic (exact) mass is 436 g/mol. The first kappa shape index (κ1) is 20.9. The smallest absolute Gasteiger partial charge is 0.386 e. The number of benzene rings is 2. The molecule has 156 valence electrons. The van der Waals surface area contributed by atoms with Crippen molar-refractivity contribution in [3.63, 3.8) is 0 Å². The lowest BCUT2D eigenvalue weighted by Crippen LogP contribution is -2.36. The number of para-hydroxylation sites is 1. The molecule has 13 heteroatoms. The first-order valence-corrected chi connectivity index (χ1v) is 8.87. The number of carboxylic acids is 1. The topological polar surface area (TPSA) is 129 Å². The van der Waals surface area contributed by atoms with Crippen LogP contribution in [0.25, 0.3) is 5.69 Å². The maximum Gasteiger partial charge on any atom is 0.386 e. The molecule has 30 heavy (non-hydrogen) atoms. The van der Waals surface area contributed by atoms with Crippen molar-refractivity contribution >= 4 is 27.1 Å². The van der Waals surface area contributed by atoms with Crippen molar-refractivity contribution in [2.24, 2.45) is 0 Å². The van der Waals surface area contributed by atoms with Gasteiger partial charge >= 0.3 is 17.7 Å². The molecule has 1 N–H and O–H groups in total. The molecular formula is C17H16FN5O6P+. The second kappa shape index (κ2) is 8.29. The van der Waals surface area contributed by atoms with E-state index in [4.69, 9.17) is 9.47 Å². The lowest BCUT2D eigenvalue weighted by molar-refractivity contribution is 0.0697. The number of carbonyl (C=O) groups excluding carboxylic acids is 1. The molecule has 2 aromatic carbocycles. The van der Waals surface area contributed by atoms with Gasteiger partial charge in [-0.2, -0.15) is 9.35 Å². The predicted molar refractivity (Wildman–Crippen MR) is 106 cm³/mol. The summed E-state index contributed by atoms with van der Waals surface area (Å²) in [5.41, 5.74) is -1.36. The summed E-state index contributed by atoms with van der Waals surface area (Å²) < 4.78 is 26.5. The van der Waals surface area contributed by atoms with Gasteiger partial charge in [0.05, 0.1) is 29.2 Å². The maximum absolute atomic E-state index is 14.3. The van der Waals surface area contributed by atoms with Crippen LogP contribution in [0, 0.1) is 5.82 Å². The van der Waals surface area contributed by atoms with Gasteiger partial charge in [-0.1, -0.05) is 6.07 Å². The molecule has 0 spiro atoms. The van der Waals surface area contributed by atoms with E-state index in [0.29, 0.717) is 9.36 Å². The van der Waals surface area contributed by atoms with Crippen LogP contribution in [0.2, 0.25) is 0 Å². The fraction of sp³-hybridized carbons (Fsp3) is 0.118. The summed E-state index contributed by atoms with van der Waals surface area (Å²) in [4.78, 5) is 36.8. The molecular weight excluding hydrogens is 420 g/mol. The third kappa shape index (κ3) is 3.60. The Labute approximate surface area is 170 Å². The summed E-state index contributed by atoms with van der Waals surface area (Å²) >= 11 is 0. The van der Waals surface area contributed by atoms with Gasteiger partial charge in [0, 0.05) is 0 Å². The van der Waals surface area contributed by atoms with Crippen LogP contribution in [-0.2, 0) is 0 Å². The van der Waals surface area contributed by atoms with Crippen LogP contribution in [0.15, 0.2) is 41.2 Å². The number of anilines is 1.